The van der Waals surface area contributed by atoms with Gasteiger partial charge in [0.2, 0.25) is 5.91 Å². The minimum absolute atomic E-state index is 0.0857. The summed E-state index contributed by atoms with van der Waals surface area (Å²) in [4.78, 5) is 14.2. The van der Waals surface area contributed by atoms with Crippen molar-refractivity contribution in [1.29, 1.82) is 0 Å². The summed E-state index contributed by atoms with van der Waals surface area (Å²) in [7, 11) is 0. The van der Waals surface area contributed by atoms with Gasteiger partial charge in [0.25, 0.3) is 0 Å². The van der Waals surface area contributed by atoms with E-state index in [9.17, 15) is 4.79 Å². The van der Waals surface area contributed by atoms with E-state index in [4.69, 9.17) is 5.11 Å². The molecule has 4 heteroatoms. The van der Waals surface area contributed by atoms with Crippen LogP contribution in [0.3, 0.4) is 0 Å². The van der Waals surface area contributed by atoms with Crippen LogP contribution >= 0.6 is 0 Å². The molecule has 1 aliphatic carbocycles. The molecule has 0 radical (unpaired) electrons. The van der Waals surface area contributed by atoms with Crippen molar-refractivity contribution in [2.75, 3.05) is 26.2 Å². The molecule has 0 spiro atoms. The van der Waals surface area contributed by atoms with Crippen LogP contribution in [0.4, 0.5) is 0 Å². The quantitative estimate of drug-likeness (QED) is 0.728. The second kappa shape index (κ2) is 5.64. The van der Waals surface area contributed by atoms with Crippen LogP contribution in [0.2, 0.25) is 0 Å². The van der Waals surface area contributed by atoms with Gasteiger partial charge < -0.3 is 15.3 Å². The van der Waals surface area contributed by atoms with E-state index in [1.165, 1.54) is 6.42 Å². The van der Waals surface area contributed by atoms with E-state index in [2.05, 4.69) is 5.32 Å². The van der Waals surface area contributed by atoms with Gasteiger partial charge in [-0.3, -0.25) is 4.79 Å². The van der Waals surface area contributed by atoms with E-state index in [-0.39, 0.29) is 18.4 Å². The predicted molar refractivity (Wildman–Crippen MR) is 62.0 cm³/mol. The fraction of sp³-hybridized carbons (Fsp3) is 0.917. The highest BCUT2D eigenvalue weighted by Gasteiger charge is 2.32. The summed E-state index contributed by atoms with van der Waals surface area (Å²) in [6.07, 6.45) is 5.55. The molecule has 4 nitrogen and oxygen atoms in total. The number of aliphatic hydroxyl groups is 1. The summed E-state index contributed by atoms with van der Waals surface area (Å²) in [5.41, 5.74) is 0. The molecule has 1 saturated carbocycles. The highest BCUT2D eigenvalue weighted by atomic mass is 16.3. The van der Waals surface area contributed by atoms with Crippen LogP contribution < -0.4 is 5.32 Å². The highest BCUT2D eigenvalue weighted by molar-refractivity contribution is 5.79. The molecule has 2 rings (SSSR count). The standard InChI is InChI=1S/C12H22N2O2/c15-8-7-14(11-4-1-5-11)12(16)10-3-2-6-13-9-10/h10-11,13,15H,1-9H2. The molecule has 1 heterocycles. The third-order valence-corrected chi connectivity index (χ3v) is 3.79. The summed E-state index contributed by atoms with van der Waals surface area (Å²) < 4.78 is 0. The van der Waals surface area contributed by atoms with E-state index in [1.807, 2.05) is 4.90 Å². The van der Waals surface area contributed by atoms with E-state index >= 15 is 0 Å². The smallest absolute Gasteiger partial charge is 0.227 e. The Kier molecular flexibility index (Phi) is 4.18. The Labute approximate surface area is 97.0 Å². The van der Waals surface area contributed by atoms with Crippen molar-refractivity contribution in [3.63, 3.8) is 0 Å². The molecular formula is C12H22N2O2. The molecule has 92 valence electrons. The van der Waals surface area contributed by atoms with Crippen LogP contribution in [0.15, 0.2) is 0 Å². The van der Waals surface area contributed by atoms with Crippen molar-refractivity contribution < 1.29 is 9.90 Å². The van der Waals surface area contributed by atoms with Crippen molar-refractivity contribution in [3.05, 3.63) is 0 Å². The van der Waals surface area contributed by atoms with Crippen LogP contribution in [-0.4, -0.2) is 48.2 Å². The molecule has 1 aliphatic heterocycles. The van der Waals surface area contributed by atoms with Gasteiger partial charge in [0, 0.05) is 19.1 Å². The van der Waals surface area contributed by atoms with Gasteiger partial charge in [0.15, 0.2) is 0 Å². The van der Waals surface area contributed by atoms with Crippen LogP contribution in [0.25, 0.3) is 0 Å². The number of amides is 1. The highest BCUT2D eigenvalue weighted by Crippen LogP contribution is 2.27. The van der Waals surface area contributed by atoms with Gasteiger partial charge in [0.1, 0.15) is 0 Å². The van der Waals surface area contributed by atoms with Gasteiger partial charge in [-0.15, -0.1) is 0 Å². The Balaban J connectivity index is 1.92. The van der Waals surface area contributed by atoms with Crippen LogP contribution in [0.5, 0.6) is 0 Å². The first kappa shape index (κ1) is 11.9. The lowest BCUT2D eigenvalue weighted by molar-refractivity contribution is -0.140. The lowest BCUT2D eigenvalue weighted by Gasteiger charge is -2.39. The molecule has 0 aromatic rings. The van der Waals surface area contributed by atoms with Gasteiger partial charge in [-0.25, -0.2) is 0 Å². The first-order valence-corrected chi connectivity index (χ1v) is 6.45. The topological polar surface area (TPSA) is 52.6 Å². The average molecular weight is 226 g/mol. The SMILES string of the molecule is O=C(C1CCCNC1)N(CCO)C1CCC1. The first-order chi connectivity index (χ1) is 7.83. The van der Waals surface area contributed by atoms with Crippen molar-refractivity contribution in [2.45, 2.75) is 38.1 Å². The number of nitrogens with zero attached hydrogens (tertiary/aromatic N) is 1. The molecule has 1 amide bonds. The lowest BCUT2D eigenvalue weighted by atomic mass is 9.89. The number of aliphatic hydroxyl groups excluding tert-OH is 1. The molecule has 2 fully saturated rings. The molecule has 2 aliphatic rings. The summed E-state index contributed by atoms with van der Waals surface area (Å²) in [6, 6.07) is 0.404. The molecule has 0 aromatic heterocycles. The van der Waals surface area contributed by atoms with Gasteiger partial charge in [-0.2, -0.15) is 0 Å². The molecular weight excluding hydrogens is 204 g/mol. The fourth-order valence-corrected chi connectivity index (χ4v) is 2.58. The Hall–Kier alpha value is -0.610. The Morgan fingerprint density at radius 1 is 1.31 bits per heavy atom. The summed E-state index contributed by atoms with van der Waals surface area (Å²) in [5, 5.41) is 12.3. The van der Waals surface area contributed by atoms with Crippen molar-refractivity contribution in [3.8, 4) is 0 Å². The Morgan fingerprint density at radius 3 is 2.62 bits per heavy atom. The van der Waals surface area contributed by atoms with Crippen molar-refractivity contribution in [1.82, 2.24) is 10.2 Å². The number of carbonyl (C=O) groups is 1. The minimum Gasteiger partial charge on any atom is -0.395 e. The molecule has 16 heavy (non-hydrogen) atoms. The van der Waals surface area contributed by atoms with E-state index < -0.39 is 0 Å². The second-order valence-corrected chi connectivity index (χ2v) is 4.88. The third kappa shape index (κ3) is 2.55. The van der Waals surface area contributed by atoms with Gasteiger partial charge in [-0.1, -0.05) is 0 Å². The average Bonchev–Trinajstić information content (AvgIpc) is 2.26. The molecule has 1 unspecified atom stereocenters. The maximum absolute atomic E-state index is 12.3. The Morgan fingerprint density at radius 2 is 2.12 bits per heavy atom. The van der Waals surface area contributed by atoms with Gasteiger partial charge in [-0.05, 0) is 38.6 Å². The van der Waals surface area contributed by atoms with Gasteiger partial charge >= 0.3 is 0 Å². The van der Waals surface area contributed by atoms with E-state index in [0.717, 1.165) is 38.8 Å². The second-order valence-electron chi connectivity index (χ2n) is 4.88. The number of hydrogen-bond donors (Lipinski definition) is 2. The van der Waals surface area contributed by atoms with Crippen molar-refractivity contribution in [2.24, 2.45) is 5.92 Å². The minimum atomic E-state index is 0.0857. The maximum Gasteiger partial charge on any atom is 0.227 e. The summed E-state index contributed by atoms with van der Waals surface area (Å²) >= 11 is 0. The number of carbonyl (C=O) groups excluding carboxylic acids is 1. The lowest BCUT2D eigenvalue weighted by Crippen LogP contribution is -2.50. The number of rotatable bonds is 4. The number of nitrogens with one attached hydrogen (secondary N) is 1. The molecule has 0 bridgehead atoms. The monoisotopic (exact) mass is 226 g/mol. The number of hydrogen-bond acceptors (Lipinski definition) is 3. The van der Waals surface area contributed by atoms with E-state index in [1.54, 1.807) is 0 Å². The molecule has 1 atom stereocenters. The number of piperidine rings is 1. The zero-order valence-electron chi connectivity index (χ0n) is 9.82. The normalized spacial score (nSPS) is 26.2. The van der Waals surface area contributed by atoms with E-state index in [0.29, 0.717) is 12.6 Å². The predicted octanol–water partition coefficient (Wildman–Crippen LogP) is 0.359. The van der Waals surface area contributed by atoms with Crippen molar-refractivity contribution >= 4 is 5.91 Å². The molecule has 0 aromatic carbocycles. The zero-order valence-corrected chi connectivity index (χ0v) is 9.82. The summed E-state index contributed by atoms with van der Waals surface area (Å²) in [6.45, 7) is 2.45. The largest absolute Gasteiger partial charge is 0.395 e. The first-order valence-electron chi connectivity index (χ1n) is 6.45. The molecule has 1 saturated heterocycles. The van der Waals surface area contributed by atoms with Crippen LogP contribution in [0, 0.1) is 5.92 Å². The Bertz CT molecular complexity index is 235. The maximum atomic E-state index is 12.3. The summed E-state index contributed by atoms with van der Waals surface area (Å²) in [5.74, 6) is 0.395. The van der Waals surface area contributed by atoms with Gasteiger partial charge in [0.05, 0.1) is 12.5 Å². The fourth-order valence-electron chi connectivity index (χ4n) is 2.58. The van der Waals surface area contributed by atoms with Crippen LogP contribution in [-0.2, 0) is 4.79 Å². The zero-order chi connectivity index (χ0) is 11.4. The molecule has 2 N–H and O–H groups in total. The third-order valence-electron chi connectivity index (χ3n) is 3.79. The van der Waals surface area contributed by atoms with Crippen LogP contribution in [0.1, 0.15) is 32.1 Å².